The Labute approximate surface area is 124 Å². The Bertz CT molecular complexity index is 780. The summed E-state index contributed by atoms with van der Waals surface area (Å²) in [5.41, 5.74) is 8.44. The van der Waals surface area contributed by atoms with Crippen LogP contribution in [-0.2, 0) is 0 Å². The predicted molar refractivity (Wildman–Crippen MR) is 81.0 cm³/mol. The molecule has 0 saturated carbocycles. The van der Waals surface area contributed by atoms with Gasteiger partial charge in [-0.2, -0.15) is 0 Å². The molecule has 3 N–H and O–H groups in total. The zero-order valence-corrected chi connectivity index (χ0v) is 11.8. The van der Waals surface area contributed by atoms with E-state index < -0.39 is 0 Å². The van der Waals surface area contributed by atoms with E-state index in [1.165, 1.54) is 0 Å². The number of anilines is 1. The van der Waals surface area contributed by atoms with Crippen LogP contribution in [0.2, 0.25) is 15.1 Å². The first-order valence-electron chi connectivity index (χ1n) is 5.46. The molecule has 19 heavy (non-hydrogen) atoms. The number of rotatable bonds is 1. The molecule has 3 nitrogen and oxygen atoms in total. The molecule has 0 aliphatic carbocycles. The molecular weight excluding hydrogens is 305 g/mol. The summed E-state index contributed by atoms with van der Waals surface area (Å²) in [5.74, 6) is 0.549. The van der Waals surface area contributed by atoms with Crippen LogP contribution in [-0.4, -0.2) is 9.97 Å². The summed E-state index contributed by atoms with van der Waals surface area (Å²) >= 11 is 18.3. The van der Waals surface area contributed by atoms with Gasteiger partial charge in [0, 0.05) is 0 Å². The number of H-pyrrole nitrogens is 1. The number of halogens is 3. The van der Waals surface area contributed by atoms with Gasteiger partial charge in [-0.1, -0.05) is 40.9 Å². The van der Waals surface area contributed by atoms with E-state index in [2.05, 4.69) is 9.97 Å². The highest BCUT2D eigenvalue weighted by Gasteiger charge is 2.15. The molecule has 0 aliphatic heterocycles. The van der Waals surface area contributed by atoms with E-state index in [-0.39, 0.29) is 0 Å². The lowest BCUT2D eigenvalue weighted by molar-refractivity contribution is 1.34. The third-order valence-electron chi connectivity index (χ3n) is 2.84. The molecule has 0 saturated heterocycles. The van der Waals surface area contributed by atoms with Gasteiger partial charge in [0.25, 0.3) is 0 Å². The molecule has 3 aromatic rings. The Balaban J connectivity index is 2.31. The number of para-hydroxylation sites is 1. The number of hydrogen-bond acceptors (Lipinski definition) is 2. The van der Waals surface area contributed by atoms with E-state index in [1.807, 2.05) is 12.1 Å². The largest absolute Gasteiger partial charge is 0.397 e. The number of nitrogens with zero attached hydrogens (tertiary/aromatic N) is 1. The summed E-state index contributed by atoms with van der Waals surface area (Å²) < 4.78 is 0. The normalized spacial score (nSPS) is 11.1. The maximum Gasteiger partial charge on any atom is 0.142 e. The van der Waals surface area contributed by atoms with Crippen molar-refractivity contribution in [3.8, 4) is 11.4 Å². The number of nitrogen functional groups attached to an aromatic ring is 1. The first-order chi connectivity index (χ1) is 9.08. The van der Waals surface area contributed by atoms with Gasteiger partial charge in [0.2, 0.25) is 0 Å². The molecule has 0 bridgehead atoms. The Morgan fingerprint density at radius 3 is 2.42 bits per heavy atom. The zero-order chi connectivity index (χ0) is 13.6. The average Bonchev–Trinajstić information content (AvgIpc) is 2.80. The van der Waals surface area contributed by atoms with Crippen molar-refractivity contribution in [3.63, 3.8) is 0 Å². The third kappa shape index (κ3) is 2.04. The minimum atomic E-state index is 0.393. The predicted octanol–water partition coefficient (Wildman–Crippen LogP) is 4.77. The van der Waals surface area contributed by atoms with Crippen molar-refractivity contribution in [2.45, 2.75) is 0 Å². The lowest BCUT2D eigenvalue weighted by atomic mass is 10.1. The van der Waals surface area contributed by atoms with E-state index in [9.17, 15) is 0 Å². The smallest absolute Gasteiger partial charge is 0.142 e. The van der Waals surface area contributed by atoms with Crippen molar-refractivity contribution in [1.82, 2.24) is 9.97 Å². The number of fused-ring (bicyclic) bond motifs is 1. The number of hydrogen-bond donors (Lipinski definition) is 2. The highest BCUT2D eigenvalue weighted by Crippen LogP contribution is 2.37. The van der Waals surface area contributed by atoms with Crippen LogP contribution in [0.4, 0.5) is 5.69 Å². The molecule has 6 heteroatoms. The Hall–Kier alpha value is -1.42. The van der Waals surface area contributed by atoms with Gasteiger partial charge in [0.05, 0.1) is 31.8 Å². The van der Waals surface area contributed by atoms with Crippen molar-refractivity contribution in [1.29, 1.82) is 0 Å². The molecule has 0 fully saturated rings. The van der Waals surface area contributed by atoms with E-state index in [4.69, 9.17) is 40.5 Å². The standard InChI is InChI=1S/C13H8Cl3N3/c14-6-4-5-7(15)11(17)10(6)13-18-9-3-1-2-8(16)12(9)19-13/h1-5H,17H2,(H,18,19). The van der Waals surface area contributed by atoms with Crippen molar-refractivity contribution < 1.29 is 0 Å². The van der Waals surface area contributed by atoms with Gasteiger partial charge >= 0.3 is 0 Å². The van der Waals surface area contributed by atoms with Gasteiger partial charge in [0.15, 0.2) is 0 Å². The highest BCUT2D eigenvalue weighted by molar-refractivity contribution is 6.38. The van der Waals surface area contributed by atoms with Crippen LogP contribution >= 0.6 is 34.8 Å². The molecule has 1 aromatic heterocycles. The highest BCUT2D eigenvalue weighted by atomic mass is 35.5. The van der Waals surface area contributed by atoms with Gasteiger partial charge in [-0.05, 0) is 24.3 Å². The van der Waals surface area contributed by atoms with Crippen LogP contribution < -0.4 is 5.73 Å². The van der Waals surface area contributed by atoms with Crippen LogP contribution in [0.25, 0.3) is 22.4 Å². The number of imidazole rings is 1. The minimum absolute atomic E-state index is 0.393. The van der Waals surface area contributed by atoms with Crippen LogP contribution in [0.5, 0.6) is 0 Å². The summed E-state index contributed by atoms with van der Waals surface area (Å²) in [5, 5.41) is 1.49. The number of aromatic nitrogens is 2. The zero-order valence-electron chi connectivity index (χ0n) is 9.55. The lowest BCUT2D eigenvalue weighted by Crippen LogP contribution is -1.93. The summed E-state index contributed by atoms with van der Waals surface area (Å²) in [7, 11) is 0. The SMILES string of the molecule is Nc1c(Cl)ccc(Cl)c1-c1nc2c(Cl)cccc2[nH]1. The van der Waals surface area contributed by atoms with Gasteiger partial charge in [-0.15, -0.1) is 0 Å². The van der Waals surface area contributed by atoms with Crippen LogP contribution in [0.3, 0.4) is 0 Å². The second-order valence-electron chi connectivity index (χ2n) is 4.04. The van der Waals surface area contributed by atoms with Crippen LogP contribution in [0, 0.1) is 0 Å². The van der Waals surface area contributed by atoms with Crippen LogP contribution in [0.1, 0.15) is 0 Å². The molecule has 1 heterocycles. The summed E-state index contributed by atoms with van der Waals surface area (Å²) in [6.45, 7) is 0. The van der Waals surface area contributed by atoms with Crippen molar-refractivity contribution in [3.05, 3.63) is 45.4 Å². The maximum absolute atomic E-state index is 6.17. The fourth-order valence-corrected chi connectivity index (χ4v) is 2.55. The Morgan fingerprint density at radius 1 is 0.947 bits per heavy atom. The molecule has 0 unspecified atom stereocenters. The third-order valence-corrected chi connectivity index (χ3v) is 3.79. The number of nitrogens with two attached hydrogens (primary N) is 1. The second kappa shape index (κ2) is 4.60. The Morgan fingerprint density at radius 2 is 1.68 bits per heavy atom. The van der Waals surface area contributed by atoms with Gasteiger partial charge in [-0.25, -0.2) is 4.98 Å². The molecule has 96 valence electrons. The summed E-state index contributed by atoms with van der Waals surface area (Å²) in [4.78, 5) is 7.58. The monoisotopic (exact) mass is 311 g/mol. The molecule has 0 radical (unpaired) electrons. The van der Waals surface area contributed by atoms with Gasteiger partial charge in [0.1, 0.15) is 11.3 Å². The number of nitrogens with one attached hydrogen (secondary N) is 1. The Kier molecular flexibility index (Phi) is 3.05. The second-order valence-corrected chi connectivity index (χ2v) is 5.26. The van der Waals surface area contributed by atoms with Gasteiger partial charge in [-0.3, -0.25) is 0 Å². The number of benzene rings is 2. The molecular formula is C13H8Cl3N3. The lowest BCUT2D eigenvalue weighted by Gasteiger charge is -2.06. The summed E-state index contributed by atoms with van der Waals surface area (Å²) in [6, 6.07) is 8.84. The van der Waals surface area contributed by atoms with Crippen molar-refractivity contribution >= 4 is 51.5 Å². The summed E-state index contributed by atoms with van der Waals surface area (Å²) in [6.07, 6.45) is 0. The van der Waals surface area contributed by atoms with E-state index in [0.717, 1.165) is 5.52 Å². The van der Waals surface area contributed by atoms with E-state index in [0.29, 0.717) is 37.7 Å². The fraction of sp³-hybridized carbons (Fsp3) is 0. The fourth-order valence-electron chi connectivity index (χ4n) is 1.92. The molecule has 3 rings (SSSR count). The quantitative estimate of drug-likeness (QED) is 0.636. The molecule has 0 amide bonds. The molecule has 0 aliphatic rings. The molecule has 2 aromatic carbocycles. The topological polar surface area (TPSA) is 54.7 Å². The van der Waals surface area contributed by atoms with E-state index >= 15 is 0 Å². The van der Waals surface area contributed by atoms with E-state index in [1.54, 1.807) is 18.2 Å². The van der Waals surface area contributed by atoms with Crippen LogP contribution in [0.15, 0.2) is 30.3 Å². The maximum atomic E-state index is 6.17. The van der Waals surface area contributed by atoms with Crippen molar-refractivity contribution in [2.75, 3.05) is 5.73 Å². The first kappa shape index (κ1) is 12.6. The first-order valence-corrected chi connectivity index (χ1v) is 6.59. The van der Waals surface area contributed by atoms with Crippen molar-refractivity contribution in [2.24, 2.45) is 0 Å². The molecule has 0 spiro atoms. The average molecular weight is 313 g/mol. The number of aromatic amines is 1. The molecule has 0 atom stereocenters. The van der Waals surface area contributed by atoms with Gasteiger partial charge < -0.3 is 10.7 Å². The minimum Gasteiger partial charge on any atom is -0.397 e.